The van der Waals surface area contributed by atoms with Gasteiger partial charge in [0.25, 0.3) is 0 Å². The van der Waals surface area contributed by atoms with E-state index in [2.05, 4.69) is 19.2 Å². The van der Waals surface area contributed by atoms with E-state index in [-0.39, 0.29) is 6.10 Å². The maximum atomic E-state index is 9.72. The van der Waals surface area contributed by atoms with Gasteiger partial charge in [-0.15, -0.1) is 0 Å². The second-order valence-electron chi connectivity index (χ2n) is 3.70. The summed E-state index contributed by atoms with van der Waals surface area (Å²) >= 11 is 0. The van der Waals surface area contributed by atoms with Crippen molar-refractivity contribution in [1.29, 1.82) is 0 Å². The van der Waals surface area contributed by atoms with Crippen LogP contribution in [0.5, 0.6) is 0 Å². The number of para-hydroxylation sites is 1. The van der Waals surface area contributed by atoms with E-state index in [4.69, 9.17) is 0 Å². The van der Waals surface area contributed by atoms with Gasteiger partial charge in [-0.05, 0) is 18.1 Å². The Hall–Kier alpha value is -1.02. The number of aliphatic hydroxyl groups is 1. The molecule has 0 heterocycles. The first kappa shape index (κ1) is 11.1. The Morgan fingerprint density at radius 1 is 1.29 bits per heavy atom. The van der Waals surface area contributed by atoms with E-state index in [9.17, 15) is 5.11 Å². The van der Waals surface area contributed by atoms with Gasteiger partial charge < -0.3 is 10.4 Å². The Bertz CT molecular complexity index is 248. The van der Waals surface area contributed by atoms with Gasteiger partial charge in [0.2, 0.25) is 0 Å². The first-order chi connectivity index (χ1) is 6.74. The predicted molar refractivity (Wildman–Crippen MR) is 60.4 cm³/mol. The number of anilines is 1. The molecule has 78 valence electrons. The van der Waals surface area contributed by atoms with Crippen LogP contribution in [0.2, 0.25) is 0 Å². The van der Waals surface area contributed by atoms with Gasteiger partial charge in [-0.1, -0.05) is 38.5 Å². The van der Waals surface area contributed by atoms with E-state index in [1.165, 1.54) is 0 Å². The van der Waals surface area contributed by atoms with Gasteiger partial charge in [0.05, 0.1) is 6.10 Å². The highest BCUT2D eigenvalue weighted by Crippen LogP contribution is 2.10. The third-order valence-corrected chi connectivity index (χ3v) is 2.59. The van der Waals surface area contributed by atoms with E-state index >= 15 is 0 Å². The summed E-state index contributed by atoms with van der Waals surface area (Å²) in [6.45, 7) is 4.78. The van der Waals surface area contributed by atoms with E-state index in [0.29, 0.717) is 12.5 Å². The lowest BCUT2D eigenvalue weighted by atomic mass is 10.0. The van der Waals surface area contributed by atoms with Crippen molar-refractivity contribution in [2.24, 2.45) is 5.92 Å². The molecule has 0 saturated carbocycles. The van der Waals surface area contributed by atoms with Crippen LogP contribution in [0.4, 0.5) is 5.69 Å². The third-order valence-electron chi connectivity index (χ3n) is 2.59. The summed E-state index contributed by atoms with van der Waals surface area (Å²) in [5.74, 6) is 0.353. The zero-order valence-electron chi connectivity index (χ0n) is 8.90. The monoisotopic (exact) mass is 193 g/mol. The molecule has 0 radical (unpaired) electrons. The molecule has 2 heteroatoms. The summed E-state index contributed by atoms with van der Waals surface area (Å²) in [5, 5.41) is 12.9. The van der Waals surface area contributed by atoms with Crippen LogP contribution in [-0.2, 0) is 0 Å². The molecule has 0 bridgehead atoms. The smallest absolute Gasteiger partial charge is 0.0737 e. The molecule has 0 amide bonds. The molecule has 1 aromatic rings. The van der Waals surface area contributed by atoms with Gasteiger partial charge in [0.15, 0.2) is 0 Å². The fourth-order valence-electron chi connectivity index (χ4n) is 1.25. The van der Waals surface area contributed by atoms with Crippen molar-refractivity contribution in [3.05, 3.63) is 30.3 Å². The van der Waals surface area contributed by atoms with Crippen LogP contribution in [0.25, 0.3) is 0 Å². The minimum Gasteiger partial charge on any atom is -0.391 e. The molecule has 1 aromatic carbocycles. The molecule has 2 unspecified atom stereocenters. The number of benzene rings is 1. The Labute approximate surface area is 86.0 Å². The molecule has 2 N–H and O–H groups in total. The van der Waals surface area contributed by atoms with Gasteiger partial charge in [-0.2, -0.15) is 0 Å². The first-order valence-corrected chi connectivity index (χ1v) is 5.21. The topological polar surface area (TPSA) is 32.3 Å². The molecular formula is C12H19NO. The van der Waals surface area contributed by atoms with Gasteiger partial charge >= 0.3 is 0 Å². The largest absolute Gasteiger partial charge is 0.391 e. The minimum absolute atomic E-state index is 0.264. The van der Waals surface area contributed by atoms with E-state index < -0.39 is 0 Å². The average Bonchev–Trinajstić information content (AvgIpc) is 2.26. The molecular weight excluding hydrogens is 174 g/mol. The summed E-state index contributed by atoms with van der Waals surface area (Å²) in [7, 11) is 0. The summed E-state index contributed by atoms with van der Waals surface area (Å²) in [5.41, 5.74) is 1.06. The molecule has 0 aliphatic heterocycles. The molecule has 0 fully saturated rings. The van der Waals surface area contributed by atoms with Gasteiger partial charge in [-0.3, -0.25) is 0 Å². The number of rotatable bonds is 5. The average molecular weight is 193 g/mol. The van der Waals surface area contributed by atoms with Crippen LogP contribution in [0.3, 0.4) is 0 Å². The van der Waals surface area contributed by atoms with E-state index in [0.717, 1.165) is 12.1 Å². The number of hydrogen-bond acceptors (Lipinski definition) is 2. The minimum atomic E-state index is -0.264. The molecule has 0 saturated heterocycles. The molecule has 1 rings (SSSR count). The highest BCUT2D eigenvalue weighted by atomic mass is 16.3. The van der Waals surface area contributed by atoms with Crippen molar-refractivity contribution in [2.45, 2.75) is 26.4 Å². The maximum absolute atomic E-state index is 9.72. The molecule has 0 aliphatic rings. The lowest BCUT2D eigenvalue weighted by Crippen LogP contribution is -2.26. The Morgan fingerprint density at radius 2 is 1.93 bits per heavy atom. The fourth-order valence-corrected chi connectivity index (χ4v) is 1.25. The second kappa shape index (κ2) is 5.66. The highest BCUT2D eigenvalue weighted by molar-refractivity contribution is 5.42. The summed E-state index contributed by atoms with van der Waals surface area (Å²) in [6, 6.07) is 9.96. The van der Waals surface area contributed by atoms with Crippen LogP contribution < -0.4 is 5.32 Å². The Kier molecular flexibility index (Phi) is 4.47. The number of hydrogen-bond donors (Lipinski definition) is 2. The van der Waals surface area contributed by atoms with E-state index in [1.54, 1.807) is 0 Å². The van der Waals surface area contributed by atoms with Crippen molar-refractivity contribution < 1.29 is 5.11 Å². The summed E-state index contributed by atoms with van der Waals surface area (Å²) in [4.78, 5) is 0. The quantitative estimate of drug-likeness (QED) is 0.753. The zero-order chi connectivity index (χ0) is 10.4. The third kappa shape index (κ3) is 3.38. The van der Waals surface area contributed by atoms with Crippen molar-refractivity contribution in [3.63, 3.8) is 0 Å². The maximum Gasteiger partial charge on any atom is 0.0737 e. The van der Waals surface area contributed by atoms with Gasteiger partial charge in [0.1, 0.15) is 0 Å². The Morgan fingerprint density at radius 3 is 2.50 bits per heavy atom. The van der Waals surface area contributed by atoms with Crippen LogP contribution >= 0.6 is 0 Å². The molecule has 0 aliphatic carbocycles. The van der Waals surface area contributed by atoms with Crippen LogP contribution in [0.15, 0.2) is 30.3 Å². The number of nitrogens with one attached hydrogen (secondary N) is 1. The molecule has 2 nitrogen and oxygen atoms in total. The van der Waals surface area contributed by atoms with Crippen molar-refractivity contribution in [2.75, 3.05) is 11.9 Å². The lowest BCUT2D eigenvalue weighted by molar-refractivity contribution is 0.126. The van der Waals surface area contributed by atoms with Crippen molar-refractivity contribution >= 4 is 5.69 Å². The predicted octanol–water partition coefficient (Wildman–Crippen LogP) is 2.51. The first-order valence-electron chi connectivity index (χ1n) is 5.21. The molecule has 14 heavy (non-hydrogen) atoms. The molecule has 0 aromatic heterocycles. The van der Waals surface area contributed by atoms with Crippen molar-refractivity contribution in [1.82, 2.24) is 0 Å². The standard InChI is InChI=1S/C12H19NO/c1-3-10(2)12(14)9-13-11-7-5-4-6-8-11/h4-8,10,12-14H,3,9H2,1-2H3. The zero-order valence-corrected chi connectivity index (χ0v) is 8.90. The summed E-state index contributed by atoms with van der Waals surface area (Å²) in [6.07, 6.45) is 0.748. The van der Waals surface area contributed by atoms with Crippen molar-refractivity contribution in [3.8, 4) is 0 Å². The van der Waals surface area contributed by atoms with Gasteiger partial charge in [0, 0.05) is 12.2 Å². The second-order valence-corrected chi connectivity index (χ2v) is 3.70. The SMILES string of the molecule is CCC(C)C(O)CNc1ccccc1. The lowest BCUT2D eigenvalue weighted by Gasteiger charge is -2.18. The molecule has 2 atom stereocenters. The fraction of sp³-hybridized carbons (Fsp3) is 0.500. The molecule has 0 spiro atoms. The normalized spacial score (nSPS) is 14.8. The highest BCUT2D eigenvalue weighted by Gasteiger charge is 2.10. The number of aliphatic hydroxyl groups excluding tert-OH is 1. The van der Waals surface area contributed by atoms with E-state index in [1.807, 2.05) is 30.3 Å². The van der Waals surface area contributed by atoms with Crippen LogP contribution in [0, 0.1) is 5.92 Å². The van der Waals surface area contributed by atoms with Gasteiger partial charge in [-0.25, -0.2) is 0 Å². The Balaban J connectivity index is 2.34. The van der Waals surface area contributed by atoms with Crippen LogP contribution in [0.1, 0.15) is 20.3 Å². The van der Waals surface area contributed by atoms with Crippen LogP contribution in [-0.4, -0.2) is 17.8 Å². The summed E-state index contributed by atoms with van der Waals surface area (Å²) < 4.78 is 0.